The molecular weight excluding hydrogens is 689 g/mol. The van der Waals surface area contributed by atoms with Crippen molar-refractivity contribution in [2.45, 2.75) is 164 Å². The van der Waals surface area contributed by atoms with Crippen molar-refractivity contribution in [3.63, 3.8) is 0 Å². The fraction of sp³-hybridized carbons (Fsp3) is 0.684. The van der Waals surface area contributed by atoms with Crippen LogP contribution in [0.25, 0.3) is 0 Å². The number of rotatable bonds is 10. The van der Waals surface area contributed by atoms with Gasteiger partial charge in [0.2, 0.25) is 0 Å². The fourth-order valence-electron chi connectivity index (χ4n) is 8.04. The molecule has 0 aliphatic heterocycles. The van der Waals surface area contributed by atoms with Crippen LogP contribution in [0.5, 0.6) is 0 Å². The van der Waals surface area contributed by atoms with E-state index in [1.54, 1.807) is 0 Å². The van der Waals surface area contributed by atoms with E-state index in [4.69, 9.17) is 0 Å². The zero-order valence-electron chi connectivity index (χ0n) is 26.7. The SMILES string of the molecule is C(=CP(C1CCCCC1)C1CCCCC1)Cc1cccs1.C(=CP(C1CCCCC1)C1CCCCC1)Cc1cccs1.[Pd]. The smallest absolute Gasteiger partial charge is 0.00830 e. The van der Waals surface area contributed by atoms with Gasteiger partial charge in [0.15, 0.2) is 0 Å². The van der Waals surface area contributed by atoms with Crippen LogP contribution in [0, 0.1) is 0 Å². The Hall–Kier alpha value is 0.402. The first-order valence-electron chi connectivity index (χ1n) is 17.8. The summed E-state index contributed by atoms with van der Waals surface area (Å²) in [6.45, 7) is 0. The van der Waals surface area contributed by atoms with Gasteiger partial charge in [-0.05, 0) is 96.9 Å². The molecule has 4 aliphatic carbocycles. The first-order chi connectivity index (χ1) is 20.9. The Labute approximate surface area is 289 Å². The van der Waals surface area contributed by atoms with Crippen molar-refractivity contribution >= 4 is 38.5 Å². The van der Waals surface area contributed by atoms with Gasteiger partial charge in [-0.15, -0.1) is 22.7 Å². The third kappa shape index (κ3) is 12.5. The standard InChI is InChI=1S/2C19H29PS.Pd/c2*1-3-9-17(10-4-1)20(18-11-5-2-6-12-18)15-7-13-19-14-8-16-21-19;/h2*7-8,14-18H,1-6,9-13H2;. The van der Waals surface area contributed by atoms with E-state index in [9.17, 15) is 0 Å². The van der Waals surface area contributed by atoms with Crippen LogP contribution >= 0.6 is 38.5 Å². The summed E-state index contributed by atoms with van der Waals surface area (Å²) >= 11 is 3.80. The second kappa shape index (κ2) is 21.3. The molecule has 4 aliphatic rings. The third-order valence-corrected chi connectivity index (χ3v) is 18.7. The Morgan fingerprint density at radius 1 is 0.488 bits per heavy atom. The van der Waals surface area contributed by atoms with Crippen LogP contribution in [-0.2, 0) is 33.3 Å². The van der Waals surface area contributed by atoms with E-state index in [2.05, 4.69) is 58.8 Å². The molecule has 242 valence electrons. The maximum absolute atomic E-state index is 2.70. The molecule has 2 aromatic heterocycles. The van der Waals surface area contributed by atoms with Crippen LogP contribution in [0.15, 0.2) is 58.8 Å². The van der Waals surface area contributed by atoms with E-state index in [0.717, 1.165) is 35.5 Å². The van der Waals surface area contributed by atoms with Crippen LogP contribution in [-0.4, -0.2) is 22.6 Å². The van der Waals surface area contributed by atoms with Gasteiger partial charge >= 0.3 is 0 Å². The molecule has 0 aromatic carbocycles. The third-order valence-electron chi connectivity index (χ3n) is 10.3. The van der Waals surface area contributed by atoms with Crippen molar-refractivity contribution in [1.82, 2.24) is 0 Å². The van der Waals surface area contributed by atoms with E-state index in [1.807, 2.05) is 22.7 Å². The minimum atomic E-state index is 0. The molecule has 5 heteroatoms. The number of thiophene rings is 2. The zero-order chi connectivity index (χ0) is 28.7. The van der Waals surface area contributed by atoms with Gasteiger partial charge in [0.1, 0.15) is 0 Å². The molecule has 0 amide bonds. The van der Waals surface area contributed by atoms with E-state index in [1.165, 1.54) is 138 Å². The minimum Gasteiger partial charge on any atom is -0.149 e. The van der Waals surface area contributed by atoms with Gasteiger partial charge in [0.05, 0.1) is 0 Å². The molecule has 0 unspecified atom stereocenters. The Bertz CT molecular complexity index is 875. The van der Waals surface area contributed by atoms with Gasteiger partial charge in [0.25, 0.3) is 0 Å². The fourth-order valence-corrected chi connectivity index (χ4v) is 16.1. The molecule has 0 atom stereocenters. The quantitative estimate of drug-likeness (QED) is 0.168. The average molecular weight is 747 g/mol. The molecule has 43 heavy (non-hydrogen) atoms. The maximum atomic E-state index is 2.70. The van der Waals surface area contributed by atoms with Gasteiger partial charge in [-0.1, -0.05) is 129 Å². The van der Waals surface area contributed by atoms with Crippen molar-refractivity contribution in [2.75, 3.05) is 0 Å². The molecule has 4 saturated carbocycles. The molecule has 0 N–H and O–H groups in total. The van der Waals surface area contributed by atoms with Crippen LogP contribution in [0.4, 0.5) is 0 Å². The molecule has 2 aromatic rings. The molecule has 0 radical (unpaired) electrons. The summed E-state index contributed by atoms with van der Waals surface area (Å²) in [7, 11) is 0.291. The normalized spacial score (nSPS) is 21.8. The zero-order valence-corrected chi connectivity index (χ0v) is 31.6. The summed E-state index contributed by atoms with van der Waals surface area (Å²) in [5.41, 5.74) is 4.21. The van der Waals surface area contributed by atoms with Crippen molar-refractivity contribution in [1.29, 1.82) is 0 Å². The summed E-state index contributed by atoms with van der Waals surface area (Å²) in [5.74, 6) is 5.39. The van der Waals surface area contributed by atoms with Crippen LogP contribution < -0.4 is 0 Å². The van der Waals surface area contributed by atoms with Gasteiger partial charge in [-0.2, -0.15) is 0 Å². The second-order valence-corrected chi connectivity index (χ2v) is 20.8. The first kappa shape index (κ1) is 36.2. The summed E-state index contributed by atoms with van der Waals surface area (Å²) in [6.07, 6.45) is 37.4. The van der Waals surface area contributed by atoms with Crippen molar-refractivity contribution in [3.8, 4) is 0 Å². The molecule has 0 nitrogen and oxygen atoms in total. The van der Waals surface area contributed by atoms with E-state index in [-0.39, 0.29) is 36.3 Å². The van der Waals surface area contributed by atoms with E-state index in [0.29, 0.717) is 0 Å². The summed E-state index contributed by atoms with van der Waals surface area (Å²) < 4.78 is 0. The van der Waals surface area contributed by atoms with Gasteiger partial charge in [0, 0.05) is 43.0 Å². The van der Waals surface area contributed by atoms with E-state index < -0.39 is 0 Å². The Morgan fingerprint density at radius 2 is 0.791 bits per heavy atom. The predicted octanol–water partition coefficient (Wildman–Crippen LogP) is 13.9. The van der Waals surface area contributed by atoms with Crippen molar-refractivity contribution < 1.29 is 20.4 Å². The molecule has 6 rings (SSSR count). The van der Waals surface area contributed by atoms with Crippen molar-refractivity contribution in [2.24, 2.45) is 0 Å². The number of hydrogen-bond acceptors (Lipinski definition) is 2. The minimum absolute atomic E-state index is 0. The Balaban J connectivity index is 0.000000192. The van der Waals surface area contributed by atoms with Gasteiger partial charge < -0.3 is 0 Å². The molecule has 2 heterocycles. The largest absolute Gasteiger partial charge is 0.149 e. The average Bonchev–Trinajstić information content (AvgIpc) is 3.79. The topological polar surface area (TPSA) is 0 Å². The molecule has 0 saturated heterocycles. The van der Waals surface area contributed by atoms with Gasteiger partial charge in [-0.25, -0.2) is 0 Å². The second-order valence-electron chi connectivity index (χ2n) is 13.4. The van der Waals surface area contributed by atoms with E-state index >= 15 is 0 Å². The molecule has 0 bridgehead atoms. The maximum Gasteiger partial charge on any atom is 0.00830 e. The van der Waals surface area contributed by atoms with Crippen molar-refractivity contribution in [3.05, 3.63) is 68.6 Å². The molecule has 4 fully saturated rings. The molecular formula is C38H58P2PdS2. The van der Waals surface area contributed by atoms with Gasteiger partial charge in [-0.3, -0.25) is 0 Å². The monoisotopic (exact) mass is 746 g/mol. The Morgan fingerprint density at radius 3 is 1.05 bits per heavy atom. The predicted molar refractivity (Wildman–Crippen MR) is 196 cm³/mol. The van der Waals surface area contributed by atoms with Crippen LogP contribution in [0.1, 0.15) is 138 Å². The molecule has 0 spiro atoms. The summed E-state index contributed by atoms with van der Waals surface area (Å²) in [6, 6.07) is 8.91. The Kier molecular flexibility index (Phi) is 18.0. The van der Waals surface area contributed by atoms with Crippen LogP contribution in [0.3, 0.4) is 0 Å². The van der Waals surface area contributed by atoms with Crippen LogP contribution in [0.2, 0.25) is 0 Å². The number of hydrogen-bond donors (Lipinski definition) is 0. The summed E-state index contributed by atoms with van der Waals surface area (Å²) in [5, 5.41) is 4.41. The first-order valence-corrected chi connectivity index (χ1v) is 22.7. The number of allylic oxidation sites excluding steroid dienone is 2. The summed E-state index contributed by atoms with van der Waals surface area (Å²) in [4.78, 5) is 3.04.